The van der Waals surface area contributed by atoms with Crippen LogP contribution < -0.4 is 4.72 Å². The minimum atomic E-state index is -3.66. The van der Waals surface area contributed by atoms with Gasteiger partial charge in [0.2, 0.25) is 0 Å². The maximum Gasteiger partial charge on any atom is 0.262 e. The molecule has 0 aliphatic heterocycles. The first kappa shape index (κ1) is 17.8. The highest BCUT2D eigenvalue weighted by Crippen LogP contribution is 2.28. The van der Waals surface area contributed by atoms with Gasteiger partial charge in [-0.1, -0.05) is 44.5 Å². The van der Waals surface area contributed by atoms with Crippen molar-refractivity contribution in [2.75, 3.05) is 4.72 Å². The summed E-state index contributed by atoms with van der Waals surface area (Å²) in [6, 6.07) is 10.7. The molecule has 5 heteroatoms. The molecule has 3 nitrogen and oxygen atoms in total. The molecular formula is C18H22ClNO2S. The van der Waals surface area contributed by atoms with Gasteiger partial charge in [0.1, 0.15) is 0 Å². The Kier molecular flexibility index (Phi) is 4.79. The standard InChI is InChI=1S/C18H22ClNO2S/c1-12-6-7-14(18(3,4)5)11-17(12)23(21,22)20-16-9-8-15(19)10-13(16)2/h6-11,20H,1-5H3. The topological polar surface area (TPSA) is 46.2 Å². The van der Waals surface area contributed by atoms with Crippen molar-refractivity contribution in [1.82, 2.24) is 0 Å². The third-order valence-corrected chi connectivity index (χ3v) is 5.52. The van der Waals surface area contributed by atoms with Crippen molar-refractivity contribution < 1.29 is 8.42 Å². The summed E-state index contributed by atoms with van der Waals surface area (Å²) >= 11 is 5.92. The van der Waals surface area contributed by atoms with Crippen LogP contribution in [0.25, 0.3) is 0 Å². The fraction of sp³-hybridized carbons (Fsp3) is 0.333. The number of aryl methyl sites for hydroxylation is 2. The zero-order valence-electron chi connectivity index (χ0n) is 14.1. The van der Waals surface area contributed by atoms with Gasteiger partial charge in [-0.15, -0.1) is 0 Å². The number of benzene rings is 2. The van der Waals surface area contributed by atoms with E-state index in [1.165, 1.54) is 0 Å². The highest BCUT2D eigenvalue weighted by Gasteiger charge is 2.22. The van der Waals surface area contributed by atoms with Gasteiger partial charge in [-0.3, -0.25) is 4.72 Å². The molecule has 0 atom stereocenters. The molecule has 23 heavy (non-hydrogen) atoms. The van der Waals surface area contributed by atoms with E-state index >= 15 is 0 Å². The summed E-state index contributed by atoms with van der Waals surface area (Å²) in [4.78, 5) is 0.305. The first-order valence-corrected chi connectivity index (χ1v) is 9.27. The molecule has 0 aliphatic carbocycles. The predicted molar refractivity (Wildman–Crippen MR) is 96.9 cm³/mol. The lowest BCUT2D eigenvalue weighted by molar-refractivity contribution is 0.584. The number of hydrogen-bond donors (Lipinski definition) is 1. The smallest absolute Gasteiger partial charge is 0.262 e. The van der Waals surface area contributed by atoms with Crippen LogP contribution in [0.1, 0.15) is 37.5 Å². The van der Waals surface area contributed by atoms with Crippen molar-refractivity contribution in [1.29, 1.82) is 0 Å². The second-order valence-electron chi connectivity index (χ2n) is 6.80. The van der Waals surface area contributed by atoms with Crippen molar-refractivity contribution in [3.05, 3.63) is 58.1 Å². The SMILES string of the molecule is Cc1cc(Cl)ccc1NS(=O)(=O)c1cc(C(C)(C)C)ccc1C. The first-order valence-electron chi connectivity index (χ1n) is 7.41. The number of hydrogen-bond acceptors (Lipinski definition) is 2. The largest absolute Gasteiger partial charge is 0.279 e. The van der Waals surface area contributed by atoms with Crippen LogP contribution in [0.15, 0.2) is 41.3 Å². The number of halogens is 1. The fourth-order valence-corrected chi connectivity index (χ4v) is 3.93. The molecule has 0 radical (unpaired) electrons. The summed E-state index contributed by atoms with van der Waals surface area (Å²) in [5, 5.41) is 0.580. The molecule has 2 aromatic rings. The normalized spacial score (nSPS) is 12.3. The lowest BCUT2D eigenvalue weighted by atomic mass is 9.87. The van der Waals surface area contributed by atoms with Crippen molar-refractivity contribution in [2.45, 2.75) is 44.9 Å². The monoisotopic (exact) mass is 351 g/mol. The maximum atomic E-state index is 12.8. The van der Waals surface area contributed by atoms with E-state index in [1.54, 1.807) is 31.2 Å². The van der Waals surface area contributed by atoms with Crippen LogP contribution in [0.4, 0.5) is 5.69 Å². The minimum Gasteiger partial charge on any atom is -0.279 e. The molecule has 1 N–H and O–H groups in total. The third-order valence-electron chi connectivity index (χ3n) is 3.78. The number of anilines is 1. The highest BCUT2D eigenvalue weighted by atomic mass is 35.5. The minimum absolute atomic E-state index is 0.117. The quantitative estimate of drug-likeness (QED) is 0.840. The number of nitrogens with one attached hydrogen (secondary N) is 1. The molecule has 0 bridgehead atoms. The van der Waals surface area contributed by atoms with Gasteiger partial charge in [0.25, 0.3) is 10.0 Å². The molecule has 0 fully saturated rings. The van der Waals surface area contributed by atoms with E-state index in [9.17, 15) is 8.42 Å². The molecule has 0 unspecified atom stereocenters. The summed E-state index contributed by atoms with van der Waals surface area (Å²) in [6.07, 6.45) is 0. The Bertz CT molecular complexity index is 837. The Morgan fingerprint density at radius 2 is 1.61 bits per heavy atom. The Hall–Kier alpha value is -1.52. The molecule has 0 heterocycles. The van der Waals surface area contributed by atoms with E-state index in [1.807, 2.05) is 19.1 Å². The van der Waals surface area contributed by atoms with Crippen LogP contribution >= 0.6 is 11.6 Å². The van der Waals surface area contributed by atoms with E-state index in [0.717, 1.165) is 16.7 Å². The summed E-state index contributed by atoms with van der Waals surface area (Å²) in [5.41, 5.74) is 2.91. The van der Waals surface area contributed by atoms with Crippen molar-refractivity contribution in [3.8, 4) is 0 Å². The molecule has 0 saturated heterocycles. The molecule has 2 aromatic carbocycles. The van der Waals surface area contributed by atoms with Gasteiger partial charge in [0, 0.05) is 5.02 Å². The molecule has 0 spiro atoms. The average Bonchev–Trinajstić information content (AvgIpc) is 2.41. The third kappa shape index (κ3) is 4.06. The fourth-order valence-electron chi connectivity index (χ4n) is 2.30. The van der Waals surface area contributed by atoms with Crippen LogP contribution in [-0.4, -0.2) is 8.42 Å². The first-order chi connectivity index (χ1) is 10.5. The van der Waals surface area contributed by atoms with Gasteiger partial charge in [-0.25, -0.2) is 8.42 Å². The van der Waals surface area contributed by atoms with Gasteiger partial charge >= 0.3 is 0 Å². The molecule has 2 rings (SSSR count). The van der Waals surface area contributed by atoms with Crippen LogP contribution in [0.3, 0.4) is 0 Å². The Morgan fingerprint density at radius 3 is 2.17 bits per heavy atom. The molecule has 0 aliphatic rings. The van der Waals surface area contributed by atoms with Crippen LogP contribution in [0, 0.1) is 13.8 Å². The van der Waals surface area contributed by atoms with E-state index in [0.29, 0.717) is 15.6 Å². The summed E-state index contributed by atoms with van der Waals surface area (Å²) < 4.78 is 28.3. The van der Waals surface area contributed by atoms with Crippen molar-refractivity contribution in [2.24, 2.45) is 0 Å². The Labute approximate surface area is 143 Å². The molecular weight excluding hydrogens is 330 g/mol. The maximum absolute atomic E-state index is 12.8. The van der Waals surface area contributed by atoms with Gasteiger partial charge in [0.15, 0.2) is 0 Å². The van der Waals surface area contributed by atoms with Crippen molar-refractivity contribution >= 4 is 27.3 Å². The van der Waals surface area contributed by atoms with E-state index in [2.05, 4.69) is 25.5 Å². The van der Waals surface area contributed by atoms with Gasteiger partial charge in [-0.05, 0) is 60.2 Å². The van der Waals surface area contributed by atoms with Gasteiger partial charge in [-0.2, -0.15) is 0 Å². The van der Waals surface area contributed by atoms with Crippen LogP contribution in [-0.2, 0) is 15.4 Å². The Balaban J connectivity index is 2.47. The molecule has 0 aromatic heterocycles. The van der Waals surface area contributed by atoms with Gasteiger partial charge in [0.05, 0.1) is 10.6 Å². The van der Waals surface area contributed by atoms with E-state index < -0.39 is 10.0 Å². The molecule has 0 amide bonds. The van der Waals surface area contributed by atoms with Crippen LogP contribution in [0.2, 0.25) is 5.02 Å². The summed E-state index contributed by atoms with van der Waals surface area (Å²) in [7, 11) is -3.66. The lowest BCUT2D eigenvalue weighted by Gasteiger charge is -2.21. The van der Waals surface area contributed by atoms with E-state index in [-0.39, 0.29) is 5.41 Å². The van der Waals surface area contributed by atoms with Crippen molar-refractivity contribution in [3.63, 3.8) is 0 Å². The predicted octanol–water partition coefficient (Wildman–Crippen LogP) is 5.06. The highest BCUT2D eigenvalue weighted by molar-refractivity contribution is 7.92. The molecule has 0 saturated carbocycles. The summed E-state index contributed by atoms with van der Waals surface area (Å²) in [6.45, 7) is 9.80. The average molecular weight is 352 g/mol. The second-order valence-corrected chi connectivity index (χ2v) is 8.88. The number of rotatable bonds is 3. The Morgan fingerprint density at radius 1 is 0.957 bits per heavy atom. The zero-order valence-corrected chi connectivity index (χ0v) is 15.6. The summed E-state index contributed by atoms with van der Waals surface area (Å²) in [5.74, 6) is 0. The lowest BCUT2D eigenvalue weighted by Crippen LogP contribution is -2.17. The number of sulfonamides is 1. The van der Waals surface area contributed by atoms with Gasteiger partial charge < -0.3 is 0 Å². The van der Waals surface area contributed by atoms with Crippen LogP contribution in [0.5, 0.6) is 0 Å². The zero-order chi connectivity index (χ0) is 17.4. The second kappa shape index (κ2) is 6.17. The molecule has 124 valence electrons. The van der Waals surface area contributed by atoms with E-state index in [4.69, 9.17) is 11.6 Å².